The molecule has 9 heteroatoms. The van der Waals surface area contributed by atoms with E-state index in [9.17, 15) is 18.3 Å². The predicted molar refractivity (Wildman–Crippen MR) is 115 cm³/mol. The summed E-state index contributed by atoms with van der Waals surface area (Å²) in [7, 11) is -0.967. The predicted octanol–water partition coefficient (Wildman–Crippen LogP) is 3.01. The molecule has 0 unspecified atom stereocenters. The quantitative estimate of drug-likeness (QED) is 0.548. The first-order valence-electron chi connectivity index (χ1n) is 9.33. The van der Waals surface area contributed by atoms with Crippen LogP contribution in [0.4, 0.5) is 5.69 Å². The molecule has 0 fully saturated rings. The molecule has 0 saturated heterocycles. The molecule has 0 aliphatic rings. The number of anilines is 1. The fourth-order valence-corrected chi connectivity index (χ4v) is 3.73. The molecule has 0 bridgehead atoms. The van der Waals surface area contributed by atoms with Crippen molar-refractivity contribution < 1.29 is 27.8 Å². The van der Waals surface area contributed by atoms with Crippen LogP contribution in [0.25, 0.3) is 0 Å². The number of rotatable bonds is 8. The molecule has 0 atom stereocenters. The zero-order valence-corrected chi connectivity index (χ0v) is 18.6. The summed E-state index contributed by atoms with van der Waals surface area (Å²) in [4.78, 5) is 12.2. The second-order valence-electron chi connectivity index (χ2n) is 7.69. The molecule has 0 saturated carbocycles. The van der Waals surface area contributed by atoms with Gasteiger partial charge in [0.25, 0.3) is 0 Å². The van der Waals surface area contributed by atoms with Gasteiger partial charge in [-0.3, -0.25) is 4.79 Å². The normalized spacial score (nSPS) is 11.8. The van der Waals surface area contributed by atoms with Gasteiger partial charge in [-0.25, -0.2) is 13.1 Å². The van der Waals surface area contributed by atoms with Gasteiger partial charge in [0.1, 0.15) is 5.75 Å². The van der Waals surface area contributed by atoms with Gasteiger partial charge in [0.2, 0.25) is 15.9 Å². The molecule has 0 aliphatic heterocycles. The van der Waals surface area contributed by atoms with Crippen molar-refractivity contribution >= 4 is 21.6 Å². The third-order valence-corrected chi connectivity index (χ3v) is 5.90. The maximum atomic E-state index is 12.5. The standard InChI is InChI=1S/C21H28N2O6S/c1-21(2,3)14-6-8-17(24)16(12-14)23-20(25)10-11-22-30(26,27)15-7-9-18(28-4)19(13-15)29-5/h6-9,12-13,22,24H,10-11H2,1-5H3,(H,23,25). The van der Waals surface area contributed by atoms with E-state index in [-0.39, 0.29) is 40.5 Å². The van der Waals surface area contributed by atoms with E-state index >= 15 is 0 Å². The number of methoxy groups -OCH3 is 2. The van der Waals surface area contributed by atoms with Gasteiger partial charge in [-0.15, -0.1) is 0 Å². The lowest BCUT2D eigenvalue weighted by atomic mass is 9.87. The Bertz CT molecular complexity index is 1010. The molecule has 8 nitrogen and oxygen atoms in total. The van der Waals surface area contributed by atoms with Gasteiger partial charge in [0.05, 0.1) is 24.8 Å². The average Bonchev–Trinajstić information content (AvgIpc) is 2.68. The van der Waals surface area contributed by atoms with Crippen LogP contribution < -0.4 is 19.5 Å². The van der Waals surface area contributed by atoms with E-state index in [1.54, 1.807) is 12.1 Å². The molecule has 0 heterocycles. The van der Waals surface area contributed by atoms with Crippen molar-refractivity contribution in [3.8, 4) is 17.2 Å². The Morgan fingerprint density at radius 2 is 1.70 bits per heavy atom. The van der Waals surface area contributed by atoms with Crippen molar-refractivity contribution in [2.24, 2.45) is 0 Å². The molecule has 30 heavy (non-hydrogen) atoms. The minimum atomic E-state index is -3.84. The zero-order valence-electron chi connectivity index (χ0n) is 17.8. The van der Waals surface area contributed by atoms with Gasteiger partial charge in [-0.05, 0) is 35.2 Å². The summed E-state index contributed by atoms with van der Waals surface area (Å²) in [6.07, 6.45) is -0.105. The van der Waals surface area contributed by atoms with E-state index < -0.39 is 15.9 Å². The Kier molecular flexibility index (Phi) is 7.33. The van der Waals surface area contributed by atoms with E-state index in [1.807, 2.05) is 20.8 Å². The minimum Gasteiger partial charge on any atom is -0.506 e. The molecular weight excluding hydrogens is 408 g/mol. The number of sulfonamides is 1. The van der Waals surface area contributed by atoms with Gasteiger partial charge < -0.3 is 19.9 Å². The summed E-state index contributed by atoms with van der Waals surface area (Å²) in [5.74, 6) is 0.217. The molecule has 0 aromatic heterocycles. The number of aromatic hydroxyl groups is 1. The Labute approximate surface area is 177 Å². The van der Waals surface area contributed by atoms with Crippen LogP contribution in [0.2, 0.25) is 0 Å². The number of hydrogen-bond donors (Lipinski definition) is 3. The second-order valence-corrected chi connectivity index (χ2v) is 9.46. The summed E-state index contributed by atoms with van der Waals surface area (Å²) in [6, 6.07) is 9.25. The lowest BCUT2D eigenvalue weighted by Crippen LogP contribution is -2.28. The van der Waals surface area contributed by atoms with Crippen molar-refractivity contribution in [1.29, 1.82) is 0 Å². The molecule has 1 amide bonds. The van der Waals surface area contributed by atoms with Crippen molar-refractivity contribution in [3.05, 3.63) is 42.0 Å². The van der Waals surface area contributed by atoms with E-state index in [0.717, 1.165) is 5.56 Å². The van der Waals surface area contributed by atoms with Crippen LogP contribution in [0.1, 0.15) is 32.8 Å². The van der Waals surface area contributed by atoms with Crippen LogP contribution in [-0.4, -0.2) is 40.2 Å². The minimum absolute atomic E-state index is 0.00363. The molecule has 164 valence electrons. The SMILES string of the molecule is COc1ccc(S(=O)(=O)NCCC(=O)Nc2cc(C(C)(C)C)ccc2O)cc1OC. The Morgan fingerprint density at radius 3 is 2.30 bits per heavy atom. The first-order chi connectivity index (χ1) is 14.0. The van der Waals surface area contributed by atoms with Gasteiger partial charge in [-0.1, -0.05) is 26.8 Å². The highest BCUT2D eigenvalue weighted by Gasteiger charge is 2.19. The van der Waals surface area contributed by atoms with Crippen molar-refractivity contribution in [3.63, 3.8) is 0 Å². The van der Waals surface area contributed by atoms with E-state index in [1.165, 1.54) is 38.5 Å². The molecule has 3 N–H and O–H groups in total. The first kappa shape index (κ1) is 23.5. The fourth-order valence-electron chi connectivity index (χ4n) is 2.68. The van der Waals surface area contributed by atoms with Gasteiger partial charge in [0.15, 0.2) is 11.5 Å². The molecule has 0 radical (unpaired) electrons. The summed E-state index contributed by atoms with van der Waals surface area (Å²) in [5.41, 5.74) is 1.09. The zero-order chi connectivity index (χ0) is 22.5. The Hall–Kier alpha value is -2.78. The molecular formula is C21H28N2O6S. The number of carbonyl (C=O) groups is 1. The molecule has 0 spiro atoms. The smallest absolute Gasteiger partial charge is 0.240 e. The fraction of sp³-hybridized carbons (Fsp3) is 0.381. The number of phenolic OH excluding ortho intramolecular Hbond substituents is 1. The third-order valence-electron chi connectivity index (χ3n) is 4.45. The van der Waals surface area contributed by atoms with Crippen molar-refractivity contribution in [2.45, 2.75) is 37.5 Å². The first-order valence-corrected chi connectivity index (χ1v) is 10.8. The summed E-state index contributed by atoms with van der Waals surface area (Å²) in [6.45, 7) is 5.96. The lowest BCUT2D eigenvalue weighted by Gasteiger charge is -2.20. The number of amides is 1. The number of phenols is 1. The highest BCUT2D eigenvalue weighted by atomic mass is 32.2. The van der Waals surface area contributed by atoms with Gasteiger partial charge in [0, 0.05) is 19.0 Å². The second kappa shape index (κ2) is 9.36. The van der Waals surface area contributed by atoms with Crippen LogP contribution >= 0.6 is 0 Å². The number of nitrogens with one attached hydrogen (secondary N) is 2. The Balaban J connectivity index is 2.01. The summed E-state index contributed by atoms with van der Waals surface area (Å²) >= 11 is 0. The largest absolute Gasteiger partial charge is 0.506 e. The van der Waals surface area contributed by atoms with E-state index in [2.05, 4.69) is 10.0 Å². The topological polar surface area (TPSA) is 114 Å². The number of carbonyl (C=O) groups excluding carboxylic acids is 1. The average molecular weight is 437 g/mol. The summed E-state index contributed by atoms with van der Waals surface area (Å²) < 4.78 is 37.5. The maximum absolute atomic E-state index is 12.5. The van der Waals surface area contributed by atoms with Gasteiger partial charge >= 0.3 is 0 Å². The van der Waals surface area contributed by atoms with E-state index in [4.69, 9.17) is 9.47 Å². The highest BCUT2D eigenvalue weighted by Crippen LogP contribution is 2.31. The molecule has 2 rings (SSSR count). The van der Waals surface area contributed by atoms with E-state index in [0.29, 0.717) is 5.75 Å². The highest BCUT2D eigenvalue weighted by molar-refractivity contribution is 7.89. The van der Waals surface area contributed by atoms with Crippen LogP contribution in [0.3, 0.4) is 0 Å². The lowest BCUT2D eigenvalue weighted by molar-refractivity contribution is -0.116. The van der Waals surface area contributed by atoms with Gasteiger partial charge in [-0.2, -0.15) is 0 Å². The van der Waals surface area contributed by atoms with Crippen molar-refractivity contribution in [1.82, 2.24) is 4.72 Å². The molecule has 2 aromatic rings. The third kappa shape index (κ3) is 5.87. The van der Waals surface area contributed by atoms with Crippen LogP contribution in [0, 0.1) is 0 Å². The van der Waals surface area contributed by atoms with Crippen LogP contribution in [0.15, 0.2) is 41.3 Å². The number of hydrogen-bond acceptors (Lipinski definition) is 6. The molecule has 2 aromatic carbocycles. The summed E-state index contributed by atoms with van der Waals surface area (Å²) in [5, 5.41) is 12.6. The maximum Gasteiger partial charge on any atom is 0.240 e. The molecule has 0 aliphatic carbocycles. The van der Waals surface area contributed by atoms with Crippen molar-refractivity contribution in [2.75, 3.05) is 26.1 Å². The number of ether oxygens (including phenoxy) is 2. The Morgan fingerprint density at radius 1 is 1.03 bits per heavy atom. The van der Waals surface area contributed by atoms with Crippen LogP contribution in [-0.2, 0) is 20.2 Å². The monoisotopic (exact) mass is 436 g/mol. The van der Waals surface area contributed by atoms with Crippen LogP contribution in [0.5, 0.6) is 17.2 Å². The number of benzene rings is 2.